The maximum Gasteiger partial charge on any atom is 0.410 e. The SMILES string of the molecule is COC(=O)[C@H](C)C[C@@H]1[C@@H](C)OCCN1C(=O)OC(C)(C)C. The molecule has 0 aromatic heterocycles. The molecule has 21 heavy (non-hydrogen) atoms. The molecule has 1 heterocycles. The number of carbonyl (C=O) groups is 2. The fourth-order valence-electron chi connectivity index (χ4n) is 2.39. The largest absolute Gasteiger partial charge is 0.469 e. The summed E-state index contributed by atoms with van der Waals surface area (Å²) in [6, 6.07) is -0.192. The molecular weight excluding hydrogens is 274 g/mol. The number of amides is 1. The van der Waals surface area contributed by atoms with E-state index in [1.54, 1.807) is 11.8 Å². The van der Waals surface area contributed by atoms with Crippen molar-refractivity contribution >= 4 is 12.1 Å². The van der Waals surface area contributed by atoms with Crippen molar-refractivity contribution in [2.24, 2.45) is 5.92 Å². The zero-order valence-electron chi connectivity index (χ0n) is 13.8. The highest BCUT2D eigenvalue weighted by Gasteiger charge is 2.37. The fraction of sp³-hybridized carbons (Fsp3) is 0.867. The first-order valence-electron chi connectivity index (χ1n) is 7.34. The van der Waals surface area contributed by atoms with E-state index in [0.717, 1.165) is 0 Å². The van der Waals surface area contributed by atoms with Gasteiger partial charge in [0, 0.05) is 6.54 Å². The third-order valence-corrected chi connectivity index (χ3v) is 3.48. The molecule has 3 atom stereocenters. The Morgan fingerprint density at radius 1 is 1.38 bits per heavy atom. The zero-order valence-corrected chi connectivity index (χ0v) is 13.8. The minimum Gasteiger partial charge on any atom is -0.469 e. The molecule has 1 amide bonds. The number of hydrogen-bond donors (Lipinski definition) is 0. The van der Waals surface area contributed by atoms with Crippen LogP contribution in [0.4, 0.5) is 4.79 Å². The Morgan fingerprint density at radius 2 is 2.00 bits per heavy atom. The van der Waals surface area contributed by atoms with E-state index in [1.165, 1.54) is 7.11 Å². The van der Waals surface area contributed by atoms with Gasteiger partial charge >= 0.3 is 12.1 Å². The lowest BCUT2D eigenvalue weighted by Gasteiger charge is -2.41. The van der Waals surface area contributed by atoms with Gasteiger partial charge in [-0.25, -0.2) is 4.79 Å². The standard InChI is InChI=1S/C15H27NO5/c1-10(13(17)19-6)9-12-11(2)20-8-7-16(12)14(18)21-15(3,4)5/h10-12H,7-9H2,1-6H3/t10-,11-,12-/m1/s1. The second kappa shape index (κ2) is 7.11. The Kier molecular flexibility index (Phi) is 6.01. The molecule has 1 aliphatic rings. The van der Waals surface area contributed by atoms with Gasteiger partial charge in [0.25, 0.3) is 0 Å². The predicted molar refractivity (Wildman–Crippen MR) is 77.9 cm³/mol. The Morgan fingerprint density at radius 3 is 2.52 bits per heavy atom. The van der Waals surface area contributed by atoms with Gasteiger partial charge in [-0.05, 0) is 34.1 Å². The van der Waals surface area contributed by atoms with Gasteiger partial charge in [0.2, 0.25) is 0 Å². The summed E-state index contributed by atoms with van der Waals surface area (Å²) in [5.74, 6) is -0.578. The summed E-state index contributed by atoms with van der Waals surface area (Å²) in [7, 11) is 1.37. The number of carbonyl (C=O) groups excluding carboxylic acids is 2. The van der Waals surface area contributed by atoms with Crippen molar-refractivity contribution < 1.29 is 23.8 Å². The van der Waals surface area contributed by atoms with Crippen LogP contribution < -0.4 is 0 Å². The molecule has 0 aromatic carbocycles. The van der Waals surface area contributed by atoms with Gasteiger partial charge in [-0.15, -0.1) is 0 Å². The molecule has 122 valence electrons. The molecule has 1 fully saturated rings. The van der Waals surface area contributed by atoms with Crippen molar-refractivity contribution in [1.29, 1.82) is 0 Å². The monoisotopic (exact) mass is 301 g/mol. The van der Waals surface area contributed by atoms with Crippen molar-refractivity contribution in [3.05, 3.63) is 0 Å². The van der Waals surface area contributed by atoms with Crippen LogP contribution in [0.15, 0.2) is 0 Å². The molecule has 1 aliphatic heterocycles. The molecule has 0 spiro atoms. The van der Waals surface area contributed by atoms with Crippen LogP contribution in [0.3, 0.4) is 0 Å². The van der Waals surface area contributed by atoms with Crippen LogP contribution in [0.5, 0.6) is 0 Å². The number of methoxy groups -OCH3 is 1. The molecule has 0 N–H and O–H groups in total. The second-order valence-corrected chi connectivity index (χ2v) is 6.48. The van der Waals surface area contributed by atoms with Crippen LogP contribution in [-0.4, -0.2) is 55.0 Å². The highest BCUT2D eigenvalue weighted by atomic mass is 16.6. The van der Waals surface area contributed by atoms with E-state index in [4.69, 9.17) is 14.2 Å². The Bertz CT molecular complexity index is 377. The van der Waals surface area contributed by atoms with Gasteiger partial charge in [0.15, 0.2) is 0 Å². The summed E-state index contributed by atoms with van der Waals surface area (Å²) in [5, 5.41) is 0. The lowest BCUT2D eigenvalue weighted by molar-refractivity contribution is -0.146. The lowest BCUT2D eigenvalue weighted by atomic mass is 9.96. The van der Waals surface area contributed by atoms with Crippen molar-refractivity contribution in [3.8, 4) is 0 Å². The first-order valence-corrected chi connectivity index (χ1v) is 7.34. The molecule has 6 nitrogen and oxygen atoms in total. The predicted octanol–water partition coefficient (Wildman–Crippen LogP) is 2.21. The molecule has 0 aromatic rings. The van der Waals surface area contributed by atoms with E-state index in [0.29, 0.717) is 19.6 Å². The maximum absolute atomic E-state index is 12.3. The average molecular weight is 301 g/mol. The summed E-state index contributed by atoms with van der Waals surface area (Å²) in [6.07, 6.45) is -0.00863. The van der Waals surface area contributed by atoms with E-state index in [1.807, 2.05) is 27.7 Å². The Labute approximate surface area is 126 Å². The minimum atomic E-state index is -0.545. The molecule has 0 aliphatic carbocycles. The number of rotatable bonds is 3. The number of hydrogen-bond acceptors (Lipinski definition) is 5. The summed E-state index contributed by atoms with van der Waals surface area (Å²) in [6.45, 7) is 10.1. The first-order chi connectivity index (χ1) is 9.65. The van der Waals surface area contributed by atoms with Crippen LogP contribution in [0.1, 0.15) is 41.0 Å². The molecule has 0 radical (unpaired) electrons. The Hall–Kier alpha value is -1.30. The van der Waals surface area contributed by atoms with Gasteiger partial charge in [-0.2, -0.15) is 0 Å². The lowest BCUT2D eigenvalue weighted by Crippen LogP contribution is -2.54. The van der Waals surface area contributed by atoms with Gasteiger partial charge in [-0.1, -0.05) is 6.92 Å². The van der Waals surface area contributed by atoms with Gasteiger partial charge < -0.3 is 19.1 Å². The number of morpholine rings is 1. The van der Waals surface area contributed by atoms with E-state index in [9.17, 15) is 9.59 Å². The minimum absolute atomic E-state index is 0.140. The van der Waals surface area contributed by atoms with Crippen LogP contribution in [0.2, 0.25) is 0 Å². The normalized spacial score (nSPS) is 24.4. The number of ether oxygens (including phenoxy) is 3. The average Bonchev–Trinajstić information content (AvgIpc) is 2.37. The summed E-state index contributed by atoms with van der Waals surface area (Å²) >= 11 is 0. The smallest absolute Gasteiger partial charge is 0.410 e. The summed E-state index contributed by atoms with van der Waals surface area (Å²) in [4.78, 5) is 25.6. The van der Waals surface area contributed by atoms with E-state index in [-0.39, 0.29) is 30.1 Å². The van der Waals surface area contributed by atoms with Crippen LogP contribution in [0.25, 0.3) is 0 Å². The topological polar surface area (TPSA) is 65.1 Å². The second-order valence-electron chi connectivity index (χ2n) is 6.48. The molecule has 0 saturated carbocycles. The first kappa shape index (κ1) is 17.8. The van der Waals surface area contributed by atoms with Gasteiger partial charge in [0.1, 0.15) is 5.60 Å². The fourth-order valence-corrected chi connectivity index (χ4v) is 2.39. The number of esters is 1. The van der Waals surface area contributed by atoms with Crippen molar-refractivity contribution in [1.82, 2.24) is 4.90 Å². The van der Waals surface area contributed by atoms with Gasteiger partial charge in [0.05, 0.1) is 31.8 Å². The quantitative estimate of drug-likeness (QED) is 0.748. The van der Waals surface area contributed by atoms with Crippen LogP contribution in [0, 0.1) is 5.92 Å². The van der Waals surface area contributed by atoms with Crippen molar-refractivity contribution in [2.75, 3.05) is 20.3 Å². The molecule has 6 heteroatoms. The number of nitrogens with zero attached hydrogens (tertiary/aromatic N) is 1. The van der Waals surface area contributed by atoms with E-state index in [2.05, 4.69) is 0 Å². The zero-order chi connectivity index (χ0) is 16.2. The molecule has 0 bridgehead atoms. The Balaban J connectivity index is 2.79. The van der Waals surface area contributed by atoms with Crippen molar-refractivity contribution in [2.45, 2.75) is 58.8 Å². The third-order valence-electron chi connectivity index (χ3n) is 3.48. The van der Waals surface area contributed by atoms with E-state index >= 15 is 0 Å². The van der Waals surface area contributed by atoms with Crippen LogP contribution in [-0.2, 0) is 19.0 Å². The third kappa shape index (κ3) is 5.19. The van der Waals surface area contributed by atoms with Crippen LogP contribution >= 0.6 is 0 Å². The highest BCUT2D eigenvalue weighted by Crippen LogP contribution is 2.24. The van der Waals surface area contributed by atoms with Gasteiger partial charge in [-0.3, -0.25) is 4.79 Å². The molecule has 1 saturated heterocycles. The summed E-state index contributed by atoms with van der Waals surface area (Å²) < 4.78 is 15.8. The van der Waals surface area contributed by atoms with Crippen molar-refractivity contribution in [3.63, 3.8) is 0 Å². The maximum atomic E-state index is 12.3. The van der Waals surface area contributed by atoms with E-state index < -0.39 is 5.60 Å². The highest BCUT2D eigenvalue weighted by molar-refractivity contribution is 5.72. The molecular formula is C15H27NO5. The molecule has 1 rings (SSSR count). The summed E-state index contributed by atoms with van der Waals surface area (Å²) in [5.41, 5.74) is -0.545. The molecule has 0 unspecified atom stereocenters.